The van der Waals surface area contributed by atoms with Crippen molar-refractivity contribution in [2.75, 3.05) is 5.75 Å². The molecule has 1 atom stereocenters. The minimum Gasteiger partial charge on any atom is -0.344 e. The first-order valence-corrected chi connectivity index (χ1v) is 11.7. The summed E-state index contributed by atoms with van der Waals surface area (Å²) in [5, 5.41) is 14.5. The summed E-state index contributed by atoms with van der Waals surface area (Å²) in [6, 6.07) is 22.1. The first-order valence-electron chi connectivity index (χ1n) is 9.03. The number of hydrogen-bond acceptors (Lipinski definition) is 6. The molecule has 5 nitrogen and oxygen atoms in total. The van der Waals surface area contributed by atoms with E-state index in [0.717, 1.165) is 30.8 Å². The number of thiophene rings is 1. The molecule has 0 fully saturated rings. The smallest absolute Gasteiger partial charge is 0.231 e. The number of nitrogens with zero attached hydrogens (tertiary/aromatic N) is 3. The van der Waals surface area contributed by atoms with Gasteiger partial charge in [-0.2, -0.15) is 0 Å². The maximum Gasteiger partial charge on any atom is 0.231 e. The molecule has 1 unspecified atom stereocenters. The number of thioether (sulfide) groups is 1. The van der Waals surface area contributed by atoms with Gasteiger partial charge in [0.05, 0.1) is 22.0 Å². The van der Waals surface area contributed by atoms with E-state index < -0.39 is 0 Å². The molecule has 1 N–H and O–H groups in total. The number of thiazole rings is 1. The Kier molecular flexibility index (Phi) is 5.05. The van der Waals surface area contributed by atoms with E-state index in [2.05, 4.69) is 33.7 Å². The Morgan fingerprint density at radius 2 is 1.86 bits per heavy atom. The molecule has 144 valence electrons. The van der Waals surface area contributed by atoms with Crippen LogP contribution in [-0.2, 0) is 4.79 Å². The van der Waals surface area contributed by atoms with E-state index in [1.807, 2.05) is 58.3 Å². The van der Waals surface area contributed by atoms with E-state index in [0.29, 0.717) is 0 Å². The van der Waals surface area contributed by atoms with Crippen molar-refractivity contribution in [1.29, 1.82) is 0 Å². The van der Waals surface area contributed by atoms with Gasteiger partial charge in [0.2, 0.25) is 10.9 Å². The van der Waals surface area contributed by atoms with E-state index in [9.17, 15) is 4.79 Å². The number of carbonyl (C=O) groups is 1. The van der Waals surface area contributed by atoms with Crippen LogP contribution < -0.4 is 5.32 Å². The van der Waals surface area contributed by atoms with E-state index in [4.69, 9.17) is 0 Å². The Morgan fingerprint density at radius 3 is 2.69 bits per heavy atom. The van der Waals surface area contributed by atoms with Crippen molar-refractivity contribution >= 4 is 55.5 Å². The van der Waals surface area contributed by atoms with Crippen molar-refractivity contribution in [3.05, 3.63) is 82.6 Å². The molecule has 0 saturated heterocycles. The fourth-order valence-electron chi connectivity index (χ4n) is 3.20. The number of hydrogen-bond donors (Lipinski definition) is 1. The molecule has 5 rings (SSSR count). The summed E-state index contributed by atoms with van der Waals surface area (Å²) in [6.07, 6.45) is 0. The van der Waals surface area contributed by atoms with Crippen LogP contribution in [0.4, 0.5) is 0 Å². The van der Waals surface area contributed by atoms with Crippen LogP contribution in [0.1, 0.15) is 16.5 Å². The van der Waals surface area contributed by atoms with Crippen LogP contribution in [0.5, 0.6) is 0 Å². The Hall–Kier alpha value is -2.68. The largest absolute Gasteiger partial charge is 0.344 e. The topological polar surface area (TPSA) is 59.3 Å². The molecule has 1 amide bonds. The fourth-order valence-corrected chi connectivity index (χ4v) is 5.78. The molecule has 29 heavy (non-hydrogen) atoms. The van der Waals surface area contributed by atoms with Gasteiger partial charge in [-0.3, -0.25) is 9.20 Å². The minimum absolute atomic E-state index is 0.0338. The maximum absolute atomic E-state index is 12.8. The normalized spacial score (nSPS) is 12.4. The zero-order valence-electron chi connectivity index (χ0n) is 15.2. The quantitative estimate of drug-likeness (QED) is 0.381. The summed E-state index contributed by atoms with van der Waals surface area (Å²) in [5.74, 6) is 0.244. The number of amides is 1. The van der Waals surface area contributed by atoms with E-state index in [1.165, 1.54) is 11.8 Å². The number of benzene rings is 2. The zero-order valence-corrected chi connectivity index (χ0v) is 17.6. The Morgan fingerprint density at radius 1 is 1.03 bits per heavy atom. The highest BCUT2D eigenvalue weighted by atomic mass is 32.2. The summed E-state index contributed by atoms with van der Waals surface area (Å²) in [5.41, 5.74) is 2.14. The average Bonchev–Trinajstić information content (AvgIpc) is 3.48. The number of carbonyl (C=O) groups excluding carboxylic acids is 1. The molecule has 0 spiro atoms. The SMILES string of the molecule is O=C(CSc1nnc2sc3ccccc3n12)NC(c1ccccc1)c1cccs1. The van der Waals surface area contributed by atoms with Gasteiger partial charge in [0.15, 0.2) is 5.16 Å². The third-order valence-electron chi connectivity index (χ3n) is 4.51. The molecule has 3 heterocycles. The molecule has 8 heteroatoms. The standard InChI is InChI=1S/C21H16N4OS3/c26-18(22-19(17-11-6-12-27-17)14-7-2-1-3-8-14)13-28-20-23-24-21-25(20)15-9-4-5-10-16(15)29-21/h1-12,19H,13H2,(H,22,26). The van der Waals surface area contributed by atoms with Gasteiger partial charge >= 0.3 is 0 Å². The monoisotopic (exact) mass is 436 g/mol. The zero-order chi connectivity index (χ0) is 19.6. The van der Waals surface area contributed by atoms with Crippen molar-refractivity contribution in [3.63, 3.8) is 0 Å². The molecule has 0 aliphatic heterocycles. The van der Waals surface area contributed by atoms with Crippen molar-refractivity contribution in [2.45, 2.75) is 11.2 Å². The summed E-state index contributed by atoms with van der Waals surface area (Å²) < 4.78 is 3.18. The molecule has 0 aliphatic carbocycles. The van der Waals surface area contributed by atoms with E-state index in [1.54, 1.807) is 22.7 Å². The fraction of sp³-hybridized carbons (Fsp3) is 0.0952. The number of rotatable bonds is 6. The van der Waals surface area contributed by atoms with Crippen molar-refractivity contribution < 1.29 is 4.79 Å². The first kappa shape index (κ1) is 18.4. The highest BCUT2D eigenvalue weighted by Crippen LogP contribution is 2.30. The van der Waals surface area contributed by atoms with Crippen LogP contribution in [0.25, 0.3) is 15.2 Å². The molecule has 3 aromatic heterocycles. The van der Waals surface area contributed by atoms with Crippen LogP contribution in [0, 0.1) is 0 Å². The first-order chi connectivity index (χ1) is 14.3. The number of fused-ring (bicyclic) bond motifs is 3. The second-order valence-corrected chi connectivity index (χ2v) is 9.32. The van der Waals surface area contributed by atoms with Gasteiger partial charge in [-0.25, -0.2) is 0 Å². The molecule has 0 bridgehead atoms. The van der Waals surface area contributed by atoms with Crippen LogP contribution in [-0.4, -0.2) is 26.3 Å². The lowest BCUT2D eigenvalue weighted by molar-refractivity contribution is -0.119. The van der Waals surface area contributed by atoms with Crippen LogP contribution >= 0.6 is 34.4 Å². The van der Waals surface area contributed by atoms with Gasteiger partial charge in [-0.05, 0) is 29.1 Å². The Bertz CT molecular complexity index is 1260. The lowest BCUT2D eigenvalue weighted by atomic mass is 10.1. The molecular formula is C21H16N4OS3. The number of para-hydroxylation sites is 1. The highest BCUT2D eigenvalue weighted by molar-refractivity contribution is 7.99. The number of aromatic nitrogens is 3. The maximum atomic E-state index is 12.8. The molecule has 2 aromatic carbocycles. The van der Waals surface area contributed by atoms with Gasteiger partial charge < -0.3 is 5.32 Å². The lowest BCUT2D eigenvalue weighted by Crippen LogP contribution is -2.30. The van der Waals surface area contributed by atoms with E-state index >= 15 is 0 Å². The van der Waals surface area contributed by atoms with Crippen LogP contribution in [0.3, 0.4) is 0 Å². The predicted molar refractivity (Wildman–Crippen MR) is 120 cm³/mol. The van der Waals surface area contributed by atoms with Gasteiger partial charge in [-0.15, -0.1) is 21.5 Å². The Labute approximate surface area is 179 Å². The third kappa shape index (κ3) is 3.66. The molecule has 0 radical (unpaired) electrons. The van der Waals surface area contributed by atoms with Gasteiger partial charge in [0.25, 0.3) is 0 Å². The molecular weight excluding hydrogens is 420 g/mol. The number of nitrogens with one attached hydrogen (secondary N) is 1. The van der Waals surface area contributed by atoms with Crippen molar-refractivity contribution in [3.8, 4) is 0 Å². The second-order valence-electron chi connectivity index (χ2n) is 6.39. The van der Waals surface area contributed by atoms with Crippen molar-refractivity contribution in [2.24, 2.45) is 0 Å². The van der Waals surface area contributed by atoms with Gasteiger partial charge in [0, 0.05) is 4.88 Å². The molecule has 5 aromatic rings. The molecule has 0 aliphatic rings. The highest BCUT2D eigenvalue weighted by Gasteiger charge is 2.19. The van der Waals surface area contributed by atoms with Crippen LogP contribution in [0.15, 0.2) is 77.3 Å². The van der Waals surface area contributed by atoms with Crippen LogP contribution in [0.2, 0.25) is 0 Å². The third-order valence-corrected chi connectivity index (χ3v) is 7.39. The second kappa shape index (κ2) is 7.98. The van der Waals surface area contributed by atoms with Gasteiger partial charge in [0.1, 0.15) is 0 Å². The Balaban J connectivity index is 1.34. The summed E-state index contributed by atoms with van der Waals surface area (Å²) in [6.45, 7) is 0. The summed E-state index contributed by atoms with van der Waals surface area (Å²) >= 11 is 4.65. The van der Waals surface area contributed by atoms with Gasteiger partial charge in [-0.1, -0.05) is 71.6 Å². The van der Waals surface area contributed by atoms with E-state index in [-0.39, 0.29) is 17.7 Å². The van der Waals surface area contributed by atoms with Crippen molar-refractivity contribution in [1.82, 2.24) is 19.9 Å². The summed E-state index contributed by atoms with van der Waals surface area (Å²) in [7, 11) is 0. The molecule has 0 saturated carbocycles. The minimum atomic E-state index is -0.148. The summed E-state index contributed by atoms with van der Waals surface area (Å²) in [4.78, 5) is 14.7. The predicted octanol–water partition coefficient (Wildman–Crippen LogP) is 5.00. The average molecular weight is 437 g/mol. The lowest BCUT2D eigenvalue weighted by Gasteiger charge is -2.18.